The van der Waals surface area contributed by atoms with Crippen molar-refractivity contribution in [1.29, 1.82) is 0 Å². The topological polar surface area (TPSA) is 86.6 Å². The Morgan fingerprint density at radius 3 is 2.63 bits per heavy atom. The molecule has 1 unspecified atom stereocenters. The molecule has 148 valence electrons. The number of ether oxygens (including phenoxy) is 4. The van der Waals surface area contributed by atoms with Crippen molar-refractivity contribution in [3.05, 3.63) is 35.9 Å². The van der Waals surface area contributed by atoms with Crippen molar-refractivity contribution < 1.29 is 28.8 Å². The van der Waals surface area contributed by atoms with Gasteiger partial charge < -0.3 is 24.1 Å². The van der Waals surface area contributed by atoms with E-state index in [0.29, 0.717) is 6.61 Å². The first-order valence-corrected chi connectivity index (χ1v) is 9.27. The number of aliphatic hydroxyl groups is 1. The smallest absolute Gasteiger partial charge is 0.338 e. The minimum atomic E-state index is -1.91. The number of benzene rings is 1. The van der Waals surface area contributed by atoms with Crippen LogP contribution in [0.4, 0.5) is 0 Å². The van der Waals surface area contributed by atoms with Gasteiger partial charge in [0.1, 0.15) is 12.9 Å². The van der Waals surface area contributed by atoms with Gasteiger partial charge in [0.25, 0.3) is 3.79 Å². The number of esters is 1. The molecule has 27 heavy (non-hydrogen) atoms. The zero-order valence-electron chi connectivity index (χ0n) is 14.3. The van der Waals surface area contributed by atoms with E-state index in [2.05, 4.69) is 4.99 Å². The quantitative estimate of drug-likeness (QED) is 0.304. The molecular weight excluding hydrogens is 421 g/mol. The van der Waals surface area contributed by atoms with Gasteiger partial charge >= 0.3 is 5.97 Å². The summed E-state index contributed by atoms with van der Waals surface area (Å²) >= 11 is 17.3. The summed E-state index contributed by atoms with van der Waals surface area (Å²) in [4.78, 5) is 16.2. The molecule has 3 rings (SSSR count). The van der Waals surface area contributed by atoms with Gasteiger partial charge in [0.05, 0.1) is 13.2 Å². The number of alkyl halides is 3. The zero-order valence-corrected chi connectivity index (χ0v) is 16.6. The minimum Gasteiger partial charge on any atom is -0.467 e. The van der Waals surface area contributed by atoms with E-state index in [4.69, 9.17) is 53.8 Å². The molecule has 1 aromatic rings. The van der Waals surface area contributed by atoms with E-state index in [1.54, 1.807) is 0 Å². The SMILES string of the molecule is C[C@]12N=C(C(Cl)(Cl)Cl)O[C@H]1C([C@@H](O)COCOCc1ccccc1)OC2=O. The van der Waals surface area contributed by atoms with E-state index in [1.807, 2.05) is 30.3 Å². The first-order valence-electron chi connectivity index (χ1n) is 8.14. The summed E-state index contributed by atoms with van der Waals surface area (Å²) < 4.78 is 19.5. The first kappa shape index (κ1) is 20.6. The number of aliphatic hydroxyl groups excluding tert-OH is 1. The van der Waals surface area contributed by atoms with E-state index in [-0.39, 0.29) is 19.3 Å². The lowest BCUT2D eigenvalue weighted by molar-refractivity contribution is -0.154. The van der Waals surface area contributed by atoms with Crippen LogP contribution in [0.1, 0.15) is 12.5 Å². The molecule has 1 aromatic carbocycles. The monoisotopic (exact) mass is 437 g/mol. The predicted octanol–water partition coefficient (Wildman–Crippen LogP) is 2.39. The third-order valence-corrected chi connectivity index (χ3v) is 4.75. The Morgan fingerprint density at radius 1 is 1.26 bits per heavy atom. The van der Waals surface area contributed by atoms with Gasteiger partial charge in [0.2, 0.25) is 5.90 Å². The van der Waals surface area contributed by atoms with E-state index in [0.717, 1.165) is 5.56 Å². The van der Waals surface area contributed by atoms with Crippen LogP contribution >= 0.6 is 34.8 Å². The van der Waals surface area contributed by atoms with Gasteiger partial charge in [-0.2, -0.15) is 0 Å². The Balaban J connectivity index is 1.49. The number of carbonyl (C=O) groups is 1. The van der Waals surface area contributed by atoms with Gasteiger partial charge in [-0.25, -0.2) is 9.79 Å². The molecule has 7 nitrogen and oxygen atoms in total. The highest BCUT2D eigenvalue weighted by molar-refractivity contribution is 6.76. The van der Waals surface area contributed by atoms with E-state index >= 15 is 0 Å². The molecule has 2 aliphatic rings. The lowest BCUT2D eigenvalue weighted by Gasteiger charge is -2.24. The largest absolute Gasteiger partial charge is 0.467 e. The molecule has 10 heteroatoms. The van der Waals surface area contributed by atoms with Gasteiger partial charge in [-0.15, -0.1) is 0 Å². The molecule has 0 bridgehead atoms. The van der Waals surface area contributed by atoms with Gasteiger partial charge in [0, 0.05) is 0 Å². The van der Waals surface area contributed by atoms with Crippen molar-refractivity contribution in [3.63, 3.8) is 0 Å². The fourth-order valence-corrected chi connectivity index (χ4v) is 3.12. The second-order valence-corrected chi connectivity index (χ2v) is 8.64. The third kappa shape index (κ3) is 4.50. The molecule has 0 radical (unpaired) electrons. The second-order valence-electron chi connectivity index (χ2n) is 6.36. The maximum absolute atomic E-state index is 12.2. The van der Waals surface area contributed by atoms with Crippen LogP contribution < -0.4 is 0 Å². The van der Waals surface area contributed by atoms with Crippen LogP contribution in [0.3, 0.4) is 0 Å². The number of cyclic esters (lactones) is 1. The van der Waals surface area contributed by atoms with Crippen LogP contribution in [0.25, 0.3) is 0 Å². The Labute approximate surface area is 171 Å². The van der Waals surface area contributed by atoms with Crippen molar-refractivity contribution in [2.75, 3.05) is 13.4 Å². The average Bonchev–Trinajstić information content (AvgIpc) is 3.09. The molecule has 2 aliphatic heterocycles. The lowest BCUT2D eigenvalue weighted by Crippen LogP contribution is -2.45. The Hall–Kier alpha value is -1.09. The first-order chi connectivity index (χ1) is 12.7. The number of aliphatic imine (C=N–C) groups is 1. The van der Waals surface area contributed by atoms with E-state index in [1.165, 1.54) is 6.92 Å². The highest BCUT2D eigenvalue weighted by Gasteiger charge is 2.63. The van der Waals surface area contributed by atoms with Crippen molar-refractivity contribution >= 4 is 46.7 Å². The minimum absolute atomic E-state index is 0.0364. The predicted molar refractivity (Wildman–Crippen MR) is 98.9 cm³/mol. The summed E-state index contributed by atoms with van der Waals surface area (Å²) in [5.74, 6) is -0.873. The number of hydrogen-bond donors (Lipinski definition) is 1. The van der Waals surface area contributed by atoms with Gasteiger partial charge in [0.15, 0.2) is 17.7 Å². The number of halogens is 3. The van der Waals surface area contributed by atoms with E-state index in [9.17, 15) is 9.90 Å². The van der Waals surface area contributed by atoms with Crippen molar-refractivity contribution in [3.8, 4) is 0 Å². The molecule has 0 aromatic heterocycles. The van der Waals surface area contributed by atoms with Crippen LogP contribution in [0.5, 0.6) is 0 Å². The number of rotatable bonds is 7. The highest BCUT2D eigenvalue weighted by atomic mass is 35.6. The van der Waals surface area contributed by atoms with Crippen LogP contribution in [-0.4, -0.2) is 58.0 Å². The summed E-state index contributed by atoms with van der Waals surface area (Å²) in [5, 5.41) is 10.3. The van der Waals surface area contributed by atoms with Crippen LogP contribution in [0.15, 0.2) is 35.3 Å². The summed E-state index contributed by atoms with van der Waals surface area (Å²) in [6, 6.07) is 9.57. The molecule has 1 saturated heterocycles. The number of fused-ring (bicyclic) bond motifs is 1. The molecule has 4 atom stereocenters. The molecule has 1 N–H and O–H groups in total. The van der Waals surface area contributed by atoms with Crippen molar-refractivity contribution in [1.82, 2.24) is 0 Å². The molecule has 1 fully saturated rings. The summed E-state index contributed by atoms with van der Waals surface area (Å²) in [7, 11) is 0. The Morgan fingerprint density at radius 2 is 1.96 bits per heavy atom. The highest BCUT2D eigenvalue weighted by Crippen LogP contribution is 2.43. The fraction of sp³-hybridized carbons (Fsp3) is 0.529. The van der Waals surface area contributed by atoms with Crippen LogP contribution in [0, 0.1) is 0 Å². The summed E-state index contributed by atoms with van der Waals surface area (Å²) in [6.07, 6.45) is -3.09. The van der Waals surface area contributed by atoms with E-state index < -0.39 is 33.6 Å². The third-order valence-electron chi connectivity index (χ3n) is 4.27. The van der Waals surface area contributed by atoms with Crippen molar-refractivity contribution in [2.45, 2.75) is 41.2 Å². The summed E-state index contributed by atoms with van der Waals surface area (Å²) in [6.45, 7) is 1.71. The normalized spacial score (nSPS) is 28.3. The summed E-state index contributed by atoms with van der Waals surface area (Å²) in [5.41, 5.74) is -0.382. The molecule has 0 amide bonds. The maximum Gasteiger partial charge on any atom is 0.338 e. The second kappa shape index (κ2) is 8.11. The molecule has 2 heterocycles. The molecular formula is C17H18Cl3NO6. The maximum atomic E-state index is 12.2. The Kier molecular flexibility index (Phi) is 6.20. The van der Waals surface area contributed by atoms with Gasteiger partial charge in [-0.3, -0.25) is 0 Å². The van der Waals surface area contributed by atoms with Crippen LogP contribution in [-0.2, 0) is 30.3 Å². The lowest BCUT2D eigenvalue weighted by atomic mass is 9.93. The Bertz CT molecular complexity index is 710. The average molecular weight is 439 g/mol. The number of hydrogen-bond acceptors (Lipinski definition) is 7. The fourth-order valence-electron chi connectivity index (χ4n) is 2.86. The van der Waals surface area contributed by atoms with Crippen molar-refractivity contribution in [2.24, 2.45) is 4.99 Å². The molecule has 0 aliphatic carbocycles. The molecule has 0 spiro atoms. The zero-order chi connectivity index (χ0) is 19.7. The van der Waals surface area contributed by atoms with Crippen LogP contribution in [0.2, 0.25) is 0 Å². The number of nitrogens with zero attached hydrogens (tertiary/aromatic N) is 1. The standard InChI is InChI=1S/C17H18Cl3NO6/c1-16-13(27-14(21-16)17(18,19)20)12(26-15(16)23)11(22)8-25-9-24-7-10-5-3-2-4-6-10/h2-6,11-13,22H,7-9H2,1H3/t11-,12?,13-,16-/m0/s1. The number of carbonyl (C=O) groups excluding carboxylic acids is 1. The molecule has 0 saturated carbocycles. The van der Waals surface area contributed by atoms with Gasteiger partial charge in [-0.1, -0.05) is 65.1 Å². The van der Waals surface area contributed by atoms with Gasteiger partial charge in [-0.05, 0) is 12.5 Å².